The molecule has 1 fully saturated rings. The molecule has 0 aromatic carbocycles. The van der Waals surface area contributed by atoms with Crippen LogP contribution in [0.4, 0.5) is 0 Å². The van der Waals surface area contributed by atoms with Crippen molar-refractivity contribution < 1.29 is 4.79 Å². The SMILES string of the molecule is O=Cc1ccc2n1C1CCCCC1n1cccc1-2. The van der Waals surface area contributed by atoms with E-state index in [0.717, 1.165) is 12.0 Å². The van der Waals surface area contributed by atoms with Crippen molar-refractivity contribution in [3.05, 3.63) is 36.2 Å². The number of aromatic nitrogens is 2. The van der Waals surface area contributed by atoms with E-state index in [1.54, 1.807) is 0 Å². The lowest BCUT2D eigenvalue weighted by atomic mass is 9.88. The average molecular weight is 240 g/mol. The summed E-state index contributed by atoms with van der Waals surface area (Å²) in [7, 11) is 0. The Balaban J connectivity index is 1.99. The quantitative estimate of drug-likeness (QED) is 0.701. The molecule has 1 saturated carbocycles. The van der Waals surface area contributed by atoms with E-state index in [1.165, 1.54) is 37.1 Å². The number of carbonyl (C=O) groups excluding carboxylic acids is 1. The molecule has 2 atom stereocenters. The first-order chi connectivity index (χ1) is 8.90. The van der Waals surface area contributed by atoms with Gasteiger partial charge in [0, 0.05) is 6.20 Å². The Morgan fingerprint density at radius 1 is 1.06 bits per heavy atom. The molecule has 4 rings (SSSR count). The predicted molar refractivity (Wildman–Crippen MR) is 69.8 cm³/mol. The second-order valence-corrected chi connectivity index (χ2v) is 5.35. The lowest BCUT2D eigenvalue weighted by Gasteiger charge is -2.40. The van der Waals surface area contributed by atoms with Crippen molar-refractivity contribution in [3.63, 3.8) is 0 Å². The minimum Gasteiger partial charge on any atom is -0.341 e. The van der Waals surface area contributed by atoms with Gasteiger partial charge in [-0.05, 0) is 37.1 Å². The Labute approximate surface area is 106 Å². The van der Waals surface area contributed by atoms with Gasteiger partial charge in [0.2, 0.25) is 0 Å². The van der Waals surface area contributed by atoms with Gasteiger partial charge >= 0.3 is 0 Å². The molecule has 0 bridgehead atoms. The summed E-state index contributed by atoms with van der Waals surface area (Å²) in [6.07, 6.45) is 8.16. The Bertz CT molecular complexity index is 608. The molecule has 0 radical (unpaired) electrons. The van der Waals surface area contributed by atoms with Gasteiger partial charge in [-0.3, -0.25) is 4.79 Å². The molecular weight excluding hydrogens is 224 g/mol. The molecule has 3 heterocycles. The summed E-state index contributed by atoms with van der Waals surface area (Å²) in [6, 6.07) is 9.30. The van der Waals surface area contributed by atoms with Crippen LogP contribution < -0.4 is 0 Å². The van der Waals surface area contributed by atoms with Gasteiger partial charge in [-0.15, -0.1) is 0 Å². The zero-order valence-corrected chi connectivity index (χ0v) is 10.2. The molecule has 0 spiro atoms. The molecule has 1 aliphatic heterocycles. The standard InChI is InChI=1S/C15H16N2O/c18-10-11-7-8-15-13-6-3-9-16(13)12-4-1-2-5-14(12)17(11)15/h3,6-10,12,14H,1-2,4-5H2. The summed E-state index contributed by atoms with van der Waals surface area (Å²) in [5, 5.41) is 0. The fourth-order valence-corrected chi connectivity index (χ4v) is 3.76. The average Bonchev–Trinajstić information content (AvgIpc) is 3.05. The van der Waals surface area contributed by atoms with E-state index < -0.39 is 0 Å². The summed E-state index contributed by atoms with van der Waals surface area (Å²) in [5.41, 5.74) is 3.28. The number of carbonyl (C=O) groups is 1. The van der Waals surface area contributed by atoms with Gasteiger partial charge < -0.3 is 9.13 Å². The van der Waals surface area contributed by atoms with E-state index in [-0.39, 0.29) is 0 Å². The van der Waals surface area contributed by atoms with Crippen molar-refractivity contribution >= 4 is 6.29 Å². The van der Waals surface area contributed by atoms with E-state index in [1.807, 2.05) is 6.07 Å². The van der Waals surface area contributed by atoms with Crippen LogP contribution >= 0.6 is 0 Å². The molecular formula is C15H16N2O. The summed E-state index contributed by atoms with van der Waals surface area (Å²) in [5.74, 6) is 0. The van der Waals surface area contributed by atoms with E-state index in [4.69, 9.17) is 0 Å². The first-order valence-corrected chi connectivity index (χ1v) is 6.74. The third-order valence-electron chi connectivity index (χ3n) is 4.49. The maximum atomic E-state index is 11.2. The maximum Gasteiger partial charge on any atom is 0.166 e. The van der Waals surface area contributed by atoms with Crippen LogP contribution in [0.25, 0.3) is 11.4 Å². The van der Waals surface area contributed by atoms with Gasteiger partial charge in [0.1, 0.15) is 0 Å². The lowest BCUT2D eigenvalue weighted by Crippen LogP contribution is -2.31. The Morgan fingerprint density at radius 3 is 2.72 bits per heavy atom. The number of aldehydes is 1. The van der Waals surface area contributed by atoms with Crippen LogP contribution in [0, 0.1) is 0 Å². The van der Waals surface area contributed by atoms with Crippen molar-refractivity contribution in [1.82, 2.24) is 9.13 Å². The van der Waals surface area contributed by atoms with Crippen LogP contribution in [0.1, 0.15) is 48.3 Å². The van der Waals surface area contributed by atoms with Crippen molar-refractivity contribution in [3.8, 4) is 11.4 Å². The summed E-state index contributed by atoms with van der Waals surface area (Å²) in [4.78, 5) is 11.2. The smallest absolute Gasteiger partial charge is 0.166 e. The zero-order chi connectivity index (χ0) is 12.1. The van der Waals surface area contributed by atoms with Crippen molar-refractivity contribution in [2.45, 2.75) is 37.8 Å². The van der Waals surface area contributed by atoms with Gasteiger partial charge in [-0.2, -0.15) is 0 Å². The fourth-order valence-electron chi connectivity index (χ4n) is 3.76. The molecule has 3 heteroatoms. The molecule has 92 valence electrons. The second kappa shape index (κ2) is 3.61. The van der Waals surface area contributed by atoms with Crippen LogP contribution in [0.5, 0.6) is 0 Å². The number of hydrogen-bond acceptors (Lipinski definition) is 1. The highest BCUT2D eigenvalue weighted by atomic mass is 16.1. The highest BCUT2D eigenvalue weighted by Crippen LogP contribution is 2.46. The fraction of sp³-hybridized carbons (Fsp3) is 0.400. The molecule has 0 saturated heterocycles. The van der Waals surface area contributed by atoms with Crippen LogP contribution in [0.3, 0.4) is 0 Å². The van der Waals surface area contributed by atoms with Gasteiger partial charge in [0.25, 0.3) is 0 Å². The molecule has 0 N–H and O–H groups in total. The Kier molecular flexibility index (Phi) is 2.04. The largest absolute Gasteiger partial charge is 0.341 e. The van der Waals surface area contributed by atoms with Gasteiger partial charge in [-0.1, -0.05) is 12.8 Å². The van der Waals surface area contributed by atoms with Crippen molar-refractivity contribution in [1.29, 1.82) is 0 Å². The molecule has 2 aromatic rings. The Hall–Kier alpha value is -1.77. The minimum atomic E-state index is 0.462. The molecule has 2 unspecified atom stereocenters. The van der Waals surface area contributed by atoms with Crippen LogP contribution in [0.15, 0.2) is 30.5 Å². The van der Waals surface area contributed by atoms with Gasteiger partial charge in [0.05, 0.1) is 29.2 Å². The highest BCUT2D eigenvalue weighted by molar-refractivity contribution is 5.76. The first kappa shape index (κ1) is 10.2. The lowest BCUT2D eigenvalue weighted by molar-refractivity contribution is 0.110. The minimum absolute atomic E-state index is 0.462. The van der Waals surface area contributed by atoms with Gasteiger partial charge in [-0.25, -0.2) is 0 Å². The van der Waals surface area contributed by atoms with E-state index >= 15 is 0 Å². The van der Waals surface area contributed by atoms with Gasteiger partial charge in [0.15, 0.2) is 6.29 Å². The number of fused-ring (bicyclic) bond motifs is 6. The summed E-state index contributed by atoms with van der Waals surface area (Å²) < 4.78 is 4.68. The monoisotopic (exact) mass is 240 g/mol. The zero-order valence-electron chi connectivity index (χ0n) is 10.2. The second-order valence-electron chi connectivity index (χ2n) is 5.35. The third-order valence-corrected chi connectivity index (χ3v) is 4.49. The molecule has 2 aromatic heterocycles. The van der Waals surface area contributed by atoms with E-state index in [9.17, 15) is 4.79 Å². The molecule has 0 amide bonds. The predicted octanol–water partition coefficient (Wildman–Crippen LogP) is 3.44. The number of rotatable bonds is 1. The van der Waals surface area contributed by atoms with E-state index in [2.05, 4.69) is 33.5 Å². The molecule has 18 heavy (non-hydrogen) atoms. The molecule has 3 nitrogen and oxygen atoms in total. The van der Waals surface area contributed by atoms with Crippen molar-refractivity contribution in [2.75, 3.05) is 0 Å². The summed E-state index contributed by atoms with van der Waals surface area (Å²) >= 11 is 0. The number of nitrogens with zero attached hydrogens (tertiary/aromatic N) is 2. The van der Waals surface area contributed by atoms with Crippen LogP contribution in [0.2, 0.25) is 0 Å². The van der Waals surface area contributed by atoms with E-state index in [0.29, 0.717) is 12.1 Å². The Morgan fingerprint density at radius 2 is 1.89 bits per heavy atom. The first-order valence-electron chi connectivity index (χ1n) is 6.74. The molecule has 1 aliphatic carbocycles. The van der Waals surface area contributed by atoms with Crippen molar-refractivity contribution in [2.24, 2.45) is 0 Å². The van der Waals surface area contributed by atoms with Crippen LogP contribution in [-0.4, -0.2) is 15.4 Å². The highest BCUT2D eigenvalue weighted by Gasteiger charge is 2.35. The normalized spacial score (nSPS) is 25.1. The third kappa shape index (κ3) is 1.17. The topological polar surface area (TPSA) is 26.9 Å². The summed E-state index contributed by atoms with van der Waals surface area (Å²) in [6.45, 7) is 0. The molecule has 2 aliphatic rings. The maximum absolute atomic E-state index is 11.2. The number of hydrogen-bond donors (Lipinski definition) is 0. The van der Waals surface area contributed by atoms with Crippen LogP contribution in [-0.2, 0) is 0 Å².